The number of ether oxygens (including phenoxy) is 2. The zero-order chi connectivity index (χ0) is 24.0. The van der Waals surface area contributed by atoms with Gasteiger partial charge in [-0.25, -0.2) is 0 Å². The van der Waals surface area contributed by atoms with Crippen LogP contribution >= 0.6 is 0 Å². The highest BCUT2D eigenvalue weighted by molar-refractivity contribution is 5.70. The van der Waals surface area contributed by atoms with Gasteiger partial charge in [-0.15, -0.1) is 5.10 Å². The average Bonchev–Trinajstić information content (AvgIpc) is 2.78. The summed E-state index contributed by atoms with van der Waals surface area (Å²) in [5.41, 5.74) is 1.93. The van der Waals surface area contributed by atoms with Gasteiger partial charge in [0.1, 0.15) is 5.75 Å². The van der Waals surface area contributed by atoms with E-state index in [4.69, 9.17) is 9.47 Å². The van der Waals surface area contributed by atoms with Crippen LogP contribution < -0.4 is 4.74 Å². The number of piperidine rings is 1. The summed E-state index contributed by atoms with van der Waals surface area (Å²) in [6.07, 6.45) is -0.257. The zero-order valence-corrected chi connectivity index (χ0v) is 19.2. The van der Waals surface area contributed by atoms with Crippen molar-refractivity contribution >= 4 is 5.97 Å². The molecule has 1 fully saturated rings. The highest BCUT2D eigenvalue weighted by atomic mass is 19.4. The molecule has 0 aliphatic carbocycles. The number of aryl methyl sites for hydroxylation is 1. The zero-order valence-electron chi connectivity index (χ0n) is 19.2. The Kier molecular flexibility index (Phi) is 8.29. The van der Waals surface area contributed by atoms with E-state index in [2.05, 4.69) is 15.1 Å². The van der Waals surface area contributed by atoms with E-state index < -0.39 is 11.7 Å². The van der Waals surface area contributed by atoms with Gasteiger partial charge in [-0.1, -0.05) is 0 Å². The first kappa shape index (κ1) is 25.0. The van der Waals surface area contributed by atoms with Crippen molar-refractivity contribution in [2.45, 2.75) is 45.2 Å². The van der Waals surface area contributed by atoms with Crippen molar-refractivity contribution in [3.05, 3.63) is 41.1 Å². The molecule has 1 aromatic carbocycles. The van der Waals surface area contributed by atoms with Gasteiger partial charge in [-0.2, -0.15) is 18.3 Å². The molecule has 1 aliphatic rings. The summed E-state index contributed by atoms with van der Waals surface area (Å²) in [7, 11) is 2.75. The van der Waals surface area contributed by atoms with Crippen LogP contribution in [-0.2, 0) is 22.1 Å². The lowest BCUT2D eigenvalue weighted by atomic mass is 9.92. The Morgan fingerprint density at radius 1 is 1.21 bits per heavy atom. The number of esters is 1. The first-order valence-electron chi connectivity index (χ1n) is 11.1. The van der Waals surface area contributed by atoms with Crippen molar-refractivity contribution in [1.82, 2.24) is 15.1 Å². The number of hydrogen-bond acceptors (Lipinski definition) is 6. The number of alkyl halides is 3. The van der Waals surface area contributed by atoms with E-state index >= 15 is 0 Å². The van der Waals surface area contributed by atoms with Crippen molar-refractivity contribution in [3.63, 3.8) is 0 Å². The van der Waals surface area contributed by atoms with E-state index in [1.807, 2.05) is 13.0 Å². The lowest BCUT2D eigenvalue weighted by Gasteiger charge is -2.32. The molecular weight excluding hydrogens is 435 g/mol. The molecule has 1 atom stereocenters. The predicted octanol–water partition coefficient (Wildman–Crippen LogP) is 4.69. The van der Waals surface area contributed by atoms with Crippen molar-refractivity contribution in [2.24, 2.45) is 5.92 Å². The van der Waals surface area contributed by atoms with Gasteiger partial charge in [0.25, 0.3) is 0 Å². The molecule has 1 aromatic heterocycles. The second-order valence-corrected chi connectivity index (χ2v) is 8.47. The summed E-state index contributed by atoms with van der Waals surface area (Å²) in [5, 5.41) is 8.71. The molecule has 9 heteroatoms. The Hall–Kier alpha value is -2.68. The van der Waals surface area contributed by atoms with Crippen molar-refractivity contribution in [2.75, 3.05) is 33.9 Å². The molecule has 6 nitrogen and oxygen atoms in total. The Bertz CT molecular complexity index is 966. The maximum atomic E-state index is 13.0. The molecule has 2 aromatic rings. The number of carbonyl (C=O) groups is 1. The van der Waals surface area contributed by atoms with Crippen LogP contribution in [0.5, 0.6) is 5.75 Å². The molecule has 0 N–H and O–H groups in total. The summed E-state index contributed by atoms with van der Waals surface area (Å²) < 4.78 is 49.0. The van der Waals surface area contributed by atoms with Crippen LogP contribution in [-0.4, -0.2) is 54.9 Å². The van der Waals surface area contributed by atoms with Gasteiger partial charge in [0.2, 0.25) is 0 Å². The van der Waals surface area contributed by atoms with E-state index in [0.29, 0.717) is 23.6 Å². The molecule has 0 radical (unpaired) electrons. The summed E-state index contributed by atoms with van der Waals surface area (Å²) in [6.45, 7) is 4.71. The van der Waals surface area contributed by atoms with Crippen molar-refractivity contribution < 1.29 is 27.4 Å². The van der Waals surface area contributed by atoms with Gasteiger partial charge in [0, 0.05) is 18.5 Å². The highest BCUT2D eigenvalue weighted by Gasteiger charge is 2.31. The lowest BCUT2D eigenvalue weighted by molar-refractivity contribution is -0.141. The van der Waals surface area contributed by atoms with Crippen LogP contribution in [0.25, 0.3) is 11.3 Å². The first-order chi connectivity index (χ1) is 15.7. The van der Waals surface area contributed by atoms with Crippen LogP contribution in [0.4, 0.5) is 13.2 Å². The second-order valence-electron chi connectivity index (χ2n) is 8.47. The molecule has 3 rings (SSSR count). The smallest absolute Gasteiger partial charge is 0.416 e. The number of nitrogens with zero attached hydrogens (tertiary/aromatic N) is 3. The van der Waals surface area contributed by atoms with Gasteiger partial charge in [0.05, 0.1) is 31.2 Å². The van der Waals surface area contributed by atoms with Crippen LogP contribution in [0.1, 0.15) is 42.5 Å². The van der Waals surface area contributed by atoms with E-state index in [0.717, 1.165) is 68.7 Å². The van der Waals surface area contributed by atoms with E-state index in [-0.39, 0.29) is 11.7 Å². The minimum Gasteiger partial charge on any atom is -0.496 e. The topological polar surface area (TPSA) is 64.5 Å². The summed E-state index contributed by atoms with van der Waals surface area (Å²) in [4.78, 5) is 13.7. The quantitative estimate of drug-likeness (QED) is 0.527. The third-order valence-corrected chi connectivity index (χ3v) is 6.00. The fourth-order valence-electron chi connectivity index (χ4n) is 4.34. The van der Waals surface area contributed by atoms with E-state index in [1.165, 1.54) is 20.3 Å². The van der Waals surface area contributed by atoms with E-state index in [1.54, 1.807) is 0 Å². The molecule has 0 spiro atoms. The Morgan fingerprint density at radius 2 is 2.00 bits per heavy atom. The first-order valence-corrected chi connectivity index (χ1v) is 11.1. The summed E-state index contributed by atoms with van der Waals surface area (Å²) >= 11 is 0. The van der Waals surface area contributed by atoms with Crippen LogP contribution in [0.3, 0.4) is 0 Å². The third-order valence-electron chi connectivity index (χ3n) is 6.00. The molecule has 0 unspecified atom stereocenters. The number of halogens is 3. The third kappa shape index (κ3) is 6.66. The standard InChI is InChI=1S/C24H30F3N3O3/c1-16-12-19(13-17-6-4-10-30(15-17)11-5-7-22(31)33-3)28-29-23(16)20-9-8-18(24(25,26)27)14-21(20)32-2/h8-9,12,14,17H,4-7,10-11,13,15H2,1-3H3/t17-/m0/s1. The molecule has 0 amide bonds. The number of methoxy groups -OCH3 is 2. The molecular formula is C24H30F3N3O3. The number of aromatic nitrogens is 2. The second kappa shape index (κ2) is 11.0. The lowest BCUT2D eigenvalue weighted by Crippen LogP contribution is -2.37. The van der Waals surface area contributed by atoms with Crippen LogP contribution in [0, 0.1) is 12.8 Å². The SMILES string of the molecule is COC(=O)CCCN1CCC[C@@H](Cc2cc(C)c(-c3ccc(C(F)(F)F)cc3OC)nn2)C1. The maximum Gasteiger partial charge on any atom is 0.416 e. The monoisotopic (exact) mass is 465 g/mol. The van der Waals surface area contributed by atoms with Gasteiger partial charge in [-0.3, -0.25) is 4.79 Å². The number of rotatable bonds is 8. The molecule has 180 valence electrons. The van der Waals surface area contributed by atoms with Crippen molar-refractivity contribution in [1.29, 1.82) is 0 Å². The summed E-state index contributed by atoms with van der Waals surface area (Å²) in [6, 6.07) is 5.35. The van der Waals surface area contributed by atoms with Gasteiger partial charge >= 0.3 is 12.1 Å². The summed E-state index contributed by atoms with van der Waals surface area (Å²) in [5.74, 6) is 0.376. The number of carbonyl (C=O) groups excluding carboxylic acids is 1. The maximum absolute atomic E-state index is 13.0. The average molecular weight is 466 g/mol. The molecule has 0 saturated carbocycles. The molecule has 33 heavy (non-hydrogen) atoms. The fraction of sp³-hybridized carbons (Fsp3) is 0.542. The Morgan fingerprint density at radius 3 is 2.67 bits per heavy atom. The molecule has 0 bridgehead atoms. The van der Waals surface area contributed by atoms with Crippen LogP contribution in [0.2, 0.25) is 0 Å². The molecule has 1 saturated heterocycles. The normalized spacial score (nSPS) is 17.1. The van der Waals surface area contributed by atoms with Gasteiger partial charge < -0.3 is 14.4 Å². The molecule has 2 heterocycles. The number of benzene rings is 1. The highest BCUT2D eigenvalue weighted by Crippen LogP contribution is 2.37. The van der Waals surface area contributed by atoms with Gasteiger partial charge in [-0.05, 0) is 81.4 Å². The van der Waals surface area contributed by atoms with E-state index in [9.17, 15) is 18.0 Å². The Labute approximate surface area is 192 Å². The number of hydrogen-bond donors (Lipinski definition) is 0. The largest absolute Gasteiger partial charge is 0.496 e. The van der Waals surface area contributed by atoms with Crippen molar-refractivity contribution in [3.8, 4) is 17.0 Å². The minimum atomic E-state index is -4.44. The Balaban J connectivity index is 1.67. The predicted molar refractivity (Wildman–Crippen MR) is 118 cm³/mol. The molecule has 1 aliphatic heterocycles. The fourth-order valence-corrected chi connectivity index (χ4v) is 4.34. The number of likely N-dealkylation sites (tertiary alicyclic amines) is 1. The van der Waals surface area contributed by atoms with Crippen LogP contribution in [0.15, 0.2) is 24.3 Å². The van der Waals surface area contributed by atoms with Gasteiger partial charge in [0.15, 0.2) is 0 Å². The minimum absolute atomic E-state index is 0.116.